The molecule has 3 atom stereocenters. The fourth-order valence-electron chi connectivity index (χ4n) is 7.10. The summed E-state index contributed by atoms with van der Waals surface area (Å²) in [5.41, 5.74) is 0.614. The van der Waals surface area contributed by atoms with Crippen LogP contribution in [0.4, 0.5) is 0 Å². The molecule has 0 bridgehead atoms. The minimum absolute atomic E-state index is 0.0557. The fraction of sp³-hybridized carbons (Fsp3) is 0.350. The Morgan fingerprint density at radius 2 is 1.63 bits per heavy atom. The Hall–Kier alpha value is -5.02. The molecule has 4 aromatic carbocycles. The third kappa shape index (κ3) is 7.08. The monoisotopic (exact) mass is 660 g/mol. The van der Waals surface area contributed by atoms with Gasteiger partial charge in [-0.3, -0.25) is 24.5 Å². The third-order valence-electron chi connectivity index (χ3n) is 9.71. The van der Waals surface area contributed by atoms with Crippen molar-refractivity contribution in [3.05, 3.63) is 114 Å². The van der Waals surface area contributed by atoms with Gasteiger partial charge < -0.3 is 19.9 Å². The lowest BCUT2D eigenvalue weighted by Gasteiger charge is -2.57. The first-order chi connectivity index (χ1) is 23.8. The largest absolute Gasteiger partial charge is 0.427 e. The number of esters is 1. The number of hydrogen-bond donors (Lipinski definition) is 2. The van der Waals surface area contributed by atoms with Crippen LogP contribution in [0.2, 0.25) is 0 Å². The lowest BCUT2D eigenvalue weighted by molar-refractivity contribution is -0.182. The molecule has 2 aliphatic rings. The van der Waals surface area contributed by atoms with Crippen molar-refractivity contribution in [3.8, 4) is 5.75 Å². The van der Waals surface area contributed by atoms with Crippen LogP contribution in [0.15, 0.2) is 97.1 Å². The second-order valence-corrected chi connectivity index (χ2v) is 13.0. The van der Waals surface area contributed by atoms with Gasteiger partial charge in [0.25, 0.3) is 11.8 Å². The summed E-state index contributed by atoms with van der Waals surface area (Å²) in [7, 11) is 0. The molecule has 2 heterocycles. The van der Waals surface area contributed by atoms with Crippen LogP contribution in [0.3, 0.4) is 0 Å². The number of nitrogens with one attached hydrogen (secondary N) is 2. The first-order valence-corrected chi connectivity index (χ1v) is 17.3. The molecule has 2 fully saturated rings. The van der Waals surface area contributed by atoms with E-state index in [-0.39, 0.29) is 37.8 Å². The van der Waals surface area contributed by atoms with Gasteiger partial charge >= 0.3 is 5.97 Å². The molecule has 0 saturated carbocycles. The van der Waals surface area contributed by atoms with Crippen LogP contribution < -0.4 is 15.4 Å². The number of carbonyl (C=O) groups is 4. The molecule has 0 spiro atoms. The quantitative estimate of drug-likeness (QED) is 0.0900. The van der Waals surface area contributed by atoms with Crippen LogP contribution in [0.5, 0.6) is 5.75 Å². The zero-order chi connectivity index (χ0) is 34.4. The Labute approximate surface area is 287 Å². The van der Waals surface area contributed by atoms with Crippen molar-refractivity contribution < 1.29 is 23.9 Å². The zero-order valence-corrected chi connectivity index (χ0v) is 28.2. The number of amides is 3. The molecular formula is C40H44N4O5. The fourth-order valence-corrected chi connectivity index (χ4v) is 7.10. The molecule has 2 aliphatic heterocycles. The summed E-state index contributed by atoms with van der Waals surface area (Å²) in [5.74, 6) is -1.13. The summed E-state index contributed by atoms with van der Waals surface area (Å²) in [4.78, 5) is 59.4. The highest BCUT2D eigenvalue weighted by Gasteiger charge is 2.62. The molecule has 0 aromatic heterocycles. The van der Waals surface area contributed by atoms with Crippen LogP contribution in [-0.4, -0.2) is 57.8 Å². The van der Waals surface area contributed by atoms with Crippen molar-refractivity contribution in [2.45, 2.75) is 83.2 Å². The van der Waals surface area contributed by atoms with Crippen LogP contribution in [0.25, 0.3) is 10.8 Å². The molecule has 49 heavy (non-hydrogen) atoms. The molecule has 1 unspecified atom stereocenters. The van der Waals surface area contributed by atoms with E-state index in [2.05, 4.69) is 17.6 Å². The zero-order valence-electron chi connectivity index (χ0n) is 28.2. The number of hydrogen-bond acceptors (Lipinski definition) is 6. The van der Waals surface area contributed by atoms with Crippen LogP contribution in [-0.2, 0) is 38.7 Å². The van der Waals surface area contributed by atoms with Gasteiger partial charge in [0.1, 0.15) is 11.9 Å². The second-order valence-electron chi connectivity index (χ2n) is 13.0. The first kappa shape index (κ1) is 33.9. The van der Waals surface area contributed by atoms with Gasteiger partial charge in [0.2, 0.25) is 11.4 Å². The van der Waals surface area contributed by atoms with Gasteiger partial charge in [-0.2, -0.15) is 0 Å². The van der Waals surface area contributed by atoms with Gasteiger partial charge in [-0.1, -0.05) is 105 Å². The molecule has 9 heteroatoms. The van der Waals surface area contributed by atoms with E-state index in [1.807, 2.05) is 79.7 Å². The molecular weight excluding hydrogens is 616 g/mol. The topological polar surface area (TPSA) is 108 Å². The Kier molecular flexibility index (Phi) is 10.4. The minimum atomic E-state index is -1.88. The van der Waals surface area contributed by atoms with Gasteiger partial charge in [0.15, 0.2) is 0 Å². The van der Waals surface area contributed by atoms with E-state index in [1.54, 1.807) is 29.2 Å². The third-order valence-corrected chi connectivity index (χ3v) is 9.71. The number of ether oxygens (including phenoxy) is 1. The van der Waals surface area contributed by atoms with Crippen LogP contribution >= 0.6 is 0 Å². The summed E-state index contributed by atoms with van der Waals surface area (Å²) < 4.78 is 5.55. The smallest absolute Gasteiger partial charge is 0.311 e. The number of carbonyl (C=O) groups excluding carboxylic acids is 4. The van der Waals surface area contributed by atoms with E-state index in [0.29, 0.717) is 24.3 Å². The molecule has 2 saturated heterocycles. The molecule has 2 N–H and O–H groups in total. The van der Waals surface area contributed by atoms with Crippen molar-refractivity contribution in [1.82, 2.24) is 20.4 Å². The molecule has 3 amide bonds. The van der Waals surface area contributed by atoms with E-state index in [9.17, 15) is 14.4 Å². The SMILES string of the molecule is CCCCCC(=O)Oc1ccc(C[C@]2(C(=O)NCc3ccccc3)C(=O)N(Cc3cccc4ccccc34)[C@@H](C)C3NCCC(=O)N32)cc1. The lowest BCUT2D eigenvalue weighted by Crippen LogP contribution is -2.82. The summed E-state index contributed by atoms with van der Waals surface area (Å²) in [6.45, 7) is 4.92. The second kappa shape index (κ2) is 15.0. The molecule has 6 rings (SSSR count). The Morgan fingerprint density at radius 3 is 2.41 bits per heavy atom. The average Bonchev–Trinajstić information content (AvgIpc) is 3.12. The normalized spacial score (nSPS) is 20.6. The van der Waals surface area contributed by atoms with Crippen molar-refractivity contribution in [1.29, 1.82) is 0 Å². The molecule has 4 aromatic rings. The number of nitrogens with zero attached hydrogens (tertiary/aromatic N) is 2. The summed E-state index contributed by atoms with van der Waals surface area (Å²) in [6.07, 6.45) is 2.60. The maximum atomic E-state index is 15.2. The van der Waals surface area contributed by atoms with Gasteiger partial charge in [-0.25, -0.2) is 0 Å². The van der Waals surface area contributed by atoms with E-state index >= 15 is 4.79 Å². The van der Waals surface area contributed by atoms with Crippen molar-refractivity contribution in [3.63, 3.8) is 0 Å². The molecule has 0 radical (unpaired) electrons. The maximum Gasteiger partial charge on any atom is 0.311 e. The standard InChI is InChI=1S/C40H44N4O5/c1-3-4-6-18-36(46)49-33-21-19-29(20-22-33)25-40(38(47)42-26-30-12-7-5-8-13-30)39(48)43(28(2)37-41-24-23-35(45)44(37)40)27-32-16-11-15-31-14-9-10-17-34(31)32/h5,7-17,19-22,28,37,41H,3-4,6,18,23-27H2,1-2H3,(H,42,47)/t28-,37?,40-/m0/s1. The van der Waals surface area contributed by atoms with Crippen molar-refractivity contribution in [2.75, 3.05) is 6.54 Å². The Balaban J connectivity index is 1.38. The highest BCUT2D eigenvalue weighted by Crippen LogP contribution is 2.37. The molecule has 9 nitrogen and oxygen atoms in total. The maximum absolute atomic E-state index is 15.2. The van der Waals surface area contributed by atoms with E-state index in [1.165, 1.54) is 4.90 Å². The number of fused-ring (bicyclic) bond motifs is 2. The predicted molar refractivity (Wildman–Crippen MR) is 188 cm³/mol. The number of rotatable bonds is 12. The highest BCUT2D eigenvalue weighted by atomic mass is 16.5. The van der Waals surface area contributed by atoms with E-state index in [4.69, 9.17) is 4.74 Å². The predicted octanol–water partition coefficient (Wildman–Crippen LogP) is 5.50. The van der Waals surface area contributed by atoms with Crippen molar-refractivity contribution in [2.24, 2.45) is 0 Å². The summed E-state index contributed by atoms with van der Waals surface area (Å²) in [5, 5.41) is 8.58. The number of piperazine rings is 1. The van der Waals surface area contributed by atoms with E-state index in [0.717, 1.165) is 41.2 Å². The van der Waals surface area contributed by atoms with E-state index < -0.39 is 29.6 Å². The van der Waals surface area contributed by atoms with Crippen molar-refractivity contribution >= 4 is 34.5 Å². The molecule has 254 valence electrons. The lowest BCUT2D eigenvalue weighted by atomic mass is 9.80. The Morgan fingerprint density at radius 1 is 0.898 bits per heavy atom. The van der Waals surface area contributed by atoms with Gasteiger partial charge in [0.05, 0.1) is 6.04 Å². The van der Waals surface area contributed by atoms with Gasteiger partial charge in [-0.05, 0) is 52.9 Å². The van der Waals surface area contributed by atoms with Gasteiger partial charge in [-0.15, -0.1) is 0 Å². The summed E-state index contributed by atoms with van der Waals surface area (Å²) in [6, 6.07) is 30.0. The number of unbranched alkanes of at least 4 members (excludes halogenated alkanes) is 2. The first-order valence-electron chi connectivity index (χ1n) is 17.3. The highest BCUT2D eigenvalue weighted by molar-refractivity contribution is 6.13. The average molecular weight is 661 g/mol. The Bertz CT molecular complexity index is 1810. The minimum Gasteiger partial charge on any atom is -0.427 e. The van der Waals surface area contributed by atoms with Gasteiger partial charge in [0, 0.05) is 38.9 Å². The van der Waals surface area contributed by atoms with Crippen LogP contribution in [0.1, 0.15) is 62.6 Å². The van der Waals surface area contributed by atoms with Crippen LogP contribution in [0, 0.1) is 0 Å². The summed E-state index contributed by atoms with van der Waals surface area (Å²) >= 11 is 0. The number of benzene rings is 4. The molecule has 0 aliphatic carbocycles.